The number of hydrogen-bond acceptors (Lipinski definition) is 2. The highest BCUT2D eigenvalue weighted by Gasteiger charge is 2.32. The van der Waals surface area contributed by atoms with Crippen molar-refractivity contribution in [2.75, 3.05) is 19.6 Å². The van der Waals surface area contributed by atoms with Gasteiger partial charge in [0, 0.05) is 37.3 Å². The molecule has 18 heavy (non-hydrogen) atoms. The van der Waals surface area contributed by atoms with E-state index in [9.17, 15) is 0 Å². The van der Waals surface area contributed by atoms with Gasteiger partial charge >= 0.3 is 0 Å². The van der Waals surface area contributed by atoms with Crippen molar-refractivity contribution in [1.82, 2.24) is 10.2 Å². The highest BCUT2D eigenvalue weighted by atomic mass is 35.5. The molecular weight excluding hydrogens is 244 g/mol. The van der Waals surface area contributed by atoms with Crippen molar-refractivity contribution < 1.29 is 0 Å². The second-order valence-corrected chi connectivity index (χ2v) is 6.05. The second kappa shape index (κ2) is 7.52. The van der Waals surface area contributed by atoms with Crippen molar-refractivity contribution >= 4 is 11.6 Å². The number of rotatable bonds is 4. The maximum absolute atomic E-state index is 5.70. The molecule has 3 heteroatoms. The van der Waals surface area contributed by atoms with E-state index in [1.165, 1.54) is 51.6 Å². The first-order valence-corrected chi connectivity index (χ1v) is 8.01. The van der Waals surface area contributed by atoms with Crippen LogP contribution in [-0.2, 0) is 0 Å². The van der Waals surface area contributed by atoms with Crippen LogP contribution >= 0.6 is 11.6 Å². The van der Waals surface area contributed by atoms with E-state index >= 15 is 0 Å². The normalized spacial score (nSPS) is 32.1. The van der Waals surface area contributed by atoms with Crippen LogP contribution in [0.3, 0.4) is 0 Å². The molecule has 1 aliphatic heterocycles. The Morgan fingerprint density at radius 1 is 1.28 bits per heavy atom. The van der Waals surface area contributed by atoms with Gasteiger partial charge in [0.1, 0.15) is 0 Å². The first-order valence-electron chi connectivity index (χ1n) is 7.57. The highest BCUT2D eigenvalue weighted by Crippen LogP contribution is 2.30. The van der Waals surface area contributed by atoms with Crippen molar-refractivity contribution in [2.45, 2.75) is 57.5 Å². The minimum atomic E-state index is 0.661. The molecule has 104 valence electrons. The quantitative estimate of drug-likeness (QED) is 0.843. The molecule has 1 heterocycles. The fraction of sp³-hybridized carbons (Fsp3) is 0.867. The predicted octanol–water partition coefficient (Wildman–Crippen LogP) is 3.37. The van der Waals surface area contributed by atoms with Crippen LogP contribution in [0, 0.1) is 5.92 Å². The minimum absolute atomic E-state index is 0.661. The fourth-order valence-corrected chi connectivity index (χ4v) is 3.62. The molecule has 2 nitrogen and oxygen atoms in total. The van der Waals surface area contributed by atoms with Gasteiger partial charge in [-0.05, 0) is 25.2 Å². The summed E-state index contributed by atoms with van der Waals surface area (Å²) in [5, 5.41) is 3.72. The van der Waals surface area contributed by atoms with Gasteiger partial charge < -0.3 is 5.32 Å². The Labute approximate surface area is 117 Å². The smallest absolute Gasteiger partial charge is 0.0252 e. The van der Waals surface area contributed by atoms with E-state index in [-0.39, 0.29) is 0 Å². The van der Waals surface area contributed by atoms with E-state index < -0.39 is 0 Å². The lowest BCUT2D eigenvalue weighted by molar-refractivity contribution is 0.0815. The van der Waals surface area contributed by atoms with Gasteiger partial charge in [-0.25, -0.2) is 0 Å². The van der Waals surface area contributed by atoms with Gasteiger partial charge in [-0.15, -0.1) is 0 Å². The monoisotopic (exact) mass is 270 g/mol. The summed E-state index contributed by atoms with van der Waals surface area (Å²) in [5.74, 6) is 0.896. The van der Waals surface area contributed by atoms with E-state index in [1.807, 2.05) is 0 Å². The fourth-order valence-electron chi connectivity index (χ4n) is 3.54. The minimum Gasteiger partial charge on any atom is -0.311 e. The molecule has 2 aliphatic rings. The van der Waals surface area contributed by atoms with E-state index in [0.29, 0.717) is 6.04 Å². The molecule has 1 N–H and O–H groups in total. The number of hydrogen-bond donors (Lipinski definition) is 1. The van der Waals surface area contributed by atoms with Gasteiger partial charge in [-0.3, -0.25) is 4.90 Å². The van der Waals surface area contributed by atoms with Gasteiger partial charge in [0.2, 0.25) is 0 Å². The van der Waals surface area contributed by atoms with Crippen molar-refractivity contribution in [3.63, 3.8) is 0 Å². The molecule has 1 saturated carbocycles. The lowest BCUT2D eigenvalue weighted by Gasteiger charge is -2.44. The molecule has 2 fully saturated rings. The van der Waals surface area contributed by atoms with Crippen molar-refractivity contribution in [2.24, 2.45) is 5.92 Å². The molecule has 1 aliphatic carbocycles. The van der Waals surface area contributed by atoms with Crippen molar-refractivity contribution in [3.8, 4) is 0 Å². The first-order chi connectivity index (χ1) is 8.85. The van der Waals surface area contributed by atoms with E-state index in [0.717, 1.165) is 18.5 Å². The number of halogens is 1. The summed E-state index contributed by atoms with van der Waals surface area (Å²) in [6, 6.07) is 1.38. The highest BCUT2D eigenvalue weighted by molar-refractivity contribution is 6.25. The topological polar surface area (TPSA) is 15.3 Å². The molecule has 2 rings (SSSR count). The molecule has 0 aromatic rings. The molecule has 0 radical (unpaired) electrons. The van der Waals surface area contributed by atoms with Gasteiger partial charge in [0.15, 0.2) is 0 Å². The van der Waals surface area contributed by atoms with Crippen LogP contribution in [0.25, 0.3) is 0 Å². The third-order valence-corrected chi connectivity index (χ3v) is 4.83. The Morgan fingerprint density at radius 3 is 2.72 bits per heavy atom. The molecule has 1 saturated heterocycles. The third kappa shape index (κ3) is 3.72. The SMILES string of the molecule is CCC1CN(C/C=C/Cl)C(C2CCCCC2)CN1. The standard InChI is InChI=1S/C15H27ClN2/c1-2-14-12-18(10-6-9-16)15(11-17-14)13-7-4-3-5-8-13/h6,9,13-15,17H,2-5,7-8,10-12H2,1H3/b9-6+. The largest absolute Gasteiger partial charge is 0.311 e. The average Bonchev–Trinajstić information content (AvgIpc) is 2.45. The Bertz CT molecular complexity index is 261. The van der Waals surface area contributed by atoms with Crippen molar-refractivity contribution in [1.29, 1.82) is 0 Å². The lowest BCUT2D eigenvalue weighted by atomic mass is 9.82. The third-order valence-electron chi connectivity index (χ3n) is 4.66. The van der Waals surface area contributed by atoms with Gasteiger partial charge in [0.05, 0.1) is 0 Å². The van der Waals surface area contributed by atoms with Crippen LogP contribution in [0.1, 0.15) is 45.4 Å². The molecule has 0 amide bonds. The van der Waals surface area contributed by atoms with Crippen LogP contribution < -0.4 is 5.32 Å². The molecule has 2 unspecified atom stereocenters. The van der Waals surface area contributed by atoms with Crippen LogP contribution in [0.5, 0.6) is 0 Å². The van der Waals surface area contributed by atoms with Crippen LogP contribution in [0.4, 0.5) is 0 Å². The van der Waals surface area contributed by atoms with E-state index in [1.54, 1.807) is 5.54 Å². The number of nitrogens with one attached hydrogen (secondary N) is 1. The van der Waals surface area contributed by atoms with Crippen molar-refractivity contribution in [3.05, 3.63) is 11.6 Å². The maximum atomic E-state index is 5.70. The summed E-state index contributed by atoms with van der Waals surface area (Å²) in [4.78, 5) is 2.65. The molecule has 0 bridgehead atoms. The Hall–Kier alpha value is -0.0500. The zero-order chi connectivity index (χ0) is 12.8. The number of nitrogens with zero attached hydrogens (tertiary/aromatic N) is 1. The molecule has 0 spiro atoms. The Balaban J connectivity index is 1.96. The lowest BCUT2D eigenvalue weighted by Crippen LogP contribution is -2.58. The Kier molecular flexibility index (Phi) is 6.00. The average molecular weight is 271 g/mol. The van der Waals surface area contributed by atoms with E-state index in [4.69, 9.17) is 11.6 Å². The van der Waals surface area contributed by atoms with E-state index in [2.05, 4.69) is 23.2 Å². The summed E-state index contributed by atoms with van der Waals surface area (Å²) in [6.45, 7) is 5.63. The zero-order valence-electron chi connectivity index (χ0n) is 11.6. The molecule has 0 aromatic heterocycles. The Morgan fingerprint density at radius 2 is 2.06 bits per heavy atom. The molecule has 2 atom stereocenters. The summed E-state index contributed by atoms with van der Waals surface area (Å²) < 4.78 is 0. The molecule has 0 aromatic carbocycles. The van der Waals surface area contributed by atoms with Gasteiger partial charge in [-0.2, -0.15) is 0 Å². The van der Waals surface area contributed by atoms with Crippen LogP contribution in [0.2, 0.25) is 0 Å². The summed E-state index contributed by atoms with van der Waals surface area (Å²) in [7, 11) is 0. The summed E-state index contributed by atoms with van der Waals surface area (Å²) in [5.41, 5.74) is 1.67. The second-order valence-electron chi connectivity index (χ2n) is 5.79. The summed E-state index contributed by atoms with van der Waals surface area (Å²) in [6.07, 6.45) is 10.5. The maximum Gasteiger partial charge on any atom is 0.0252 e. The van der Waals surface area contributed by atoms with Crippen LogP contribution in [0.15, 0.2) is 11.6 Å². The summed E-state index contributed by atoms with van der Waals surface area (Å²) >= 11 is 5.70. The predicted molar refractivity (Wildman–Crippen MR) is 79.0 cm³/mol. The van der Waals surface area contributed by atoms with Gasteiger partial charge in [-0.1, -0.05) is 43.9 Å². The van der Waals surface area contributed by atoms with Gasteiger partial charge in [0.25, 0.3) is 0 Å². The first kappa shape index (κ1) is 14.4. The zero-order valence-corrected chi connectivity index (χ0v) is 12.3. The molecular formula is C15H27ClN2. The number of piperazine rings is 1. The van der Waals surface area contributed by atoms with Crippen LogP contribution in [-0.4, -0.2) is 36.6 Å².